The first kappa shape index (κ1) is 13.7. The molecule has 0 aromatic heterocycles. The van der Waals surface area contributed by atoms with Crippen molar-refractivity contribution in [3.05, 3.63) is 35.7 Å². The predicted molar refractivity (Wildman–Crippen MR) is 60.8 cm³/mol. The minimum Gasteiger partial charge on any atom is -0.479 e. The van der Waals surface area contributed by atoms with Gasteiger partial charge in [-0.15, -0.1) is 0 Å². The molecule has 1 rings (SSSR count). The van der Waals surface area contributed by atoms with Crippen LogP contribution in [0.15, 0.2) is 24.3 Å². The summed E-state index contributed by atoms with van der Waals surface area (Å²) in [6.45, 7) is 1.31. The molecule has 0 aliphatic carbocycles. The summed E-state index contributed by atoms with van der Waals surface area (Å²) in [6.07, 6.45) is 0.909. The van der Waals surface area contributed by atoms with Gasteiger partial charge in [-0.25, -0.2) is 14.0 Å². The Bertz CT molecular complexity index is 495. The van der Waals surface area contributed by atoms with E-state index in [1.165, 1.54) is 19.1 Å². The quantitative estimate of drug-likeness (QED) is 0.782. The van der Waals surface area contributed by atoms with Crippen molar-refractivity contribution >= 4 is 18.0 Å². The van der Waals surface area contributed by atoms with Crippen molar-refractivity contribution in [1.82, 2.24) is 0 Å². The molecule has 18 heavy (non-hydrogen) atoms. The average Bonchev–Trinajstić information content (AvgIpc) is 2.25. The largest absolute Gasteiger partial charge is 0.479 e. The average molecular weight is 254 g/mol. The molecule has 0 spiro atoms. The van der Waals surface area contributed by atoms with Gasteiger partial charge in [-0.3, -0.25) is 0 Å². The summed E-state index contributed by atoms with van der Waals surface area (Å²) < 4.78 is 18.2. The Balaban J connectivity index is 2.93. The summed E-state index contributed by atoms with van der Waals surface area (Å²) in [5, 5.41) is 17.1. The van der Waals surface area contributed by atoms with Gasteiger partial charge < -0.3 is 14.9 Å². The van der Waals surface area contributed by atoms with Crippen LogP contribution in [0.1, 0.15) is 12.5 Å². The highest BCUT2D eigenvalue weighted by Gasteiger charge is 2.13. The third-order valence-electron chi connectivity index (χ3n) is 1.97. The van der Waals surface area contributed by atoms with Crippen molar-refractivity contribution in [2.24, 2.45) is 0 Å². The highest BCUT2D eigenvalue weighted by atomic mass is 19.1. The van der Waals surface area contributed by atoms with Crippen molar-refractivity contribution in [3.8, 4) is 5.75 Å². The second-order valence-electron chi connectivity index (χ2n) is 3.49. The fraction of sp³-hybridized carbons (Fsp3) is 0.167. The molecule has 5 nitrogen and oxygen atoms in total. The summed E-state index contributed by atoms with van der Waals surface area (Å²) in [6, 6.07) is 3.48. The summed E-state index contributed by atoms with van der Waals surface area (Å²) in [4.78, 5) is 20.9. The first-order chi connectivity index (χ1) is 8.38. The lowest BCUT2D eigenvalue weighted by molar-refractivity contribution is -0.144. The molecule has 0 fully saturated rings. The van der Waals surface area contributed by atoms with E-state index in [1.54, 1.807) is 0 Å². The second kappa shape index (κ2) is 5.81. The van der Waals surface area contributed by atoms with E-state index in [1.807, 2.05) is 0 Å². The van der Waals surface area contributed by atoms with E-state index in [9.17, 15) is 14.0 Å². The smallest absolute Gasteiger partial charge is 0.344 e. The molecule has 0 bridgehead atoms. The molecular weight excluding hydrogens is 243 g/mol. The Labute approximate surface area is 102 Å². The third-order valence-corrected chi connectivity index (χ3v) is 1.97. The van der Waals surface area contributed by atoms with E-state index < -0.39 is 23.9 Å². The molecule has 2 N–H and O–H groups in total. The Hall–Kier alpha value is -2.37. The van der Waals surface area contributed by atoms with Crippen molar-refractivity contribution in [2.45, 2.75) is 13.0 Å². The first-order valence-electron chi connectivity index (χ1n) is 4.99. The summed E-state index contributed by atoms with van der Waals surface area (Å²) in [5.74, 6) is -2.97. The van der Waals surface area contributed by atoms with E-state index in [2.05, 4.69) is 0 Å². The maximum atomic E-state index is 13.2. The number of rotatable bonds is 5. The van der Waals surface area contributed by atoms with E-state index >= 15 is 0 Å². The third kappa shape index (κ3) is 4.25. The monoisotopic (exact) mass is 254 g/mol. The molecule has 1 aromatic rings. The Morgan fingerprint density at radius 2 is 2.00 bits per heavy atom. The number of hydrogen-bond donors (Lipinski definition) is 2. The zero-order valence-electron chi connectivity index (χ0n) is 9.46. The van der Waals surface area contributed by atoms with Gasteiger partial charge in [-0.05, 0) is 30.7 Å². The zero-order valence-corrected chi connectivity index (χ0v) is 9.46. The second-order valence-corrected chi connectivity index (χ2v) is 3.49. The topological polar surface area (TPSA) is 83.8 Å². The number of aliphatic carboxylic acids is 2. The maximum absolute atomic E-state index is 13.2. The number of hydrogen-bond acceptors (Lipinski definition) is 3. The summed E-state index contributed by atoms with van der Waals surface area (Å²) in [5.41, 5.74) is 0.269. The normalized spacial score (nSPS) is 12.3. The van der Waals surface area contributed by atoms with Crippen molar-refractivity contribution in [3.63, 3.8) is 0 Å². The van der Waals surface area contributed by atoms with Gasteiger partial charge in [0.25, 0.3) is 0 Å². The summed E-state index contributed by atoms with van der Waals surface area (Å²) in [7, 11) is 0. The highest BCUT2D eigenvalue weighted by molar-refractivity contribution is 5.85. The molecule has 0 saturated heterocycles. The van der Waals surface area contributed by atoms with Gasteiger partial charge in [-0.1, -0.05) is 0 Å². The van der Waals surface area contributed by atoms with Gasteiger partial charge >= 0.3 is 11.9 Å². The standard InChI is InChI=1S/C12H11FO5/c1-7(12(16)17)18-10-5-8(2-3-11(14)15)4-9(13)6-10/h2-7H,1H3,(H,14,15)(H,16,17)/b3-2+. The lowest BCUT2D eigenvalue weighted by atomic mass is 10.2. The van der Waals surface area contributed by atoms with E-state index in [-0.39, 0.29) is 11.3 Å². The molecule has 1 atom stereocenters. The van der Waals surface area contributed by atoms with Crippen LogP contribution in [0.25, 0.3) is 6.08 Å². The van der Waals surface area contributed by atoms with Crippen LogP contribution >= 0.6 is 0 Å². The van der Waals surface area contributed by atoms with Gasteiger partial charge in [0.05, 0.1) is 0 Å². The predicted octanol–water partition coefficient (Wildman–Crippen LogP) is 1.78. The molecule has 6 heteroatoms. The fourth-order valence-corrected chi connectivity index (χ4v) is 1.17. The van der Waals surface area contributed by atoms with E-state index in [0.29, 0.717) is 0 Å². The van der Waals surface area contributed by atoms with Crippen LogP contribution < -0.4 is 4.74 Å². The van der Waals surface area contributed by atoms with Crippen molar-refractivity contribution in [2.75, 3.05) is 0 Å². The first-order valence-corrected chi connectivity index (χ1v) is 4.99. The number of benzene rings is 1. The van der Waals surface area contributed by atoms with Crippen LogP contribution in [0.4, 0.5) is 4.39 Å². The van der Waals surface area contributed by atoms with Gasteiger partial charge in [0.1, 0.15) is 11.6 Å². The molecule has 1 unspecified atom stereocenters. The lowest BCUT2D eigenvalue weighted by Gasteiger charge is -2.10. The van der Waals surface area contributed by atoms with Crippen LogP contribution in [-0.4, -0.2) is 28.3 Å². The number of carbonyl (C=O) groups is 2. The molecule has 0 heterocycles. The van der Waals surface area contributed by atoms with Crippen LogP contribution in [0.2, 0.25) is 0 Å². The van der Waals surface area contributed by atoms with Gasteiger partial charge in [0, 0.05) is 12.1 Å². The highest BCUT2D eigenvalue weighted by Crippen LogP contribution is 2.18. The molecule has 0 amide bonds. The molecule has 0 aliphatic heterocycles. The van der Waals surface area contributed by atoms with Crippen LogP contribution in [0.5, 0.6) is 5.75 Å². The number of carboxylic acids is 2. The number of carboxylic acid groups (broad SMARTS) is 2. The van der Waals surface area contributed by atoms with Crippen LogP contribution in [-0.2, 0) is 9.59 Å². The van der Waals surface area contributed by atoms with Gasteiger partial charge in [0.15, 0.2) is 6.10 Å². The Morgan fingerprint density at radius 1 is 1.33 bits per heavy atom. The van der Waals surface area contributed by atoms with E-state index in [0.717, 1.165) is 18.2 Å². The fourth-order valence-electron chi connectivity index (χ4n) is 1.17. The van der Waals surface area contributed by atoms with Crippen molar-refractivity contribution in [1.29, 1.82) is 0 Å². The van der Waals surface area contributed by atoms with Gasteiger partial charge in [0.2, 0.25) is 0 Å². The Morgan fingerprint density at radius 3 is 2.56 bits per heavy atom. The summed E-state index contributed by atoms with van der Waals surface area (Å²) >= 11 is 0. The molecule has 0 radical (unpaired) electrons. The van der Waals surface area contributed by atoms with Gasteiger partial charge in [-0.2, -0.15) is 0 Å². The van der Waals surface area contributed by atoms with Crippen LogP contribution in [0.3, 0.4) is 0 Å². The Kier molecular flexibility index (Phi) is 4.42. The number of ether oxygens (including phenoxy) is 1. The molecule has 0 saturated carbocycles. The lowest BCUT2D eigenvalue weighted by Crippen LogP contribution is -2.22. The van der Waals surface area contributed by atoms with Crippen LogP contribution in [0, 0.1) is 5.82 Å². The minimum absolute atomic E-state index is 0.0231. The van der Waals surface area contributed by atoms with Crippen molar-refractivity contribution < 1.29 is 28.9 Å². The molecule has 96 valence electrons. The molecule has 0 aliphatic rings. The SMILES string of the molecule is CC(Oc1cc(F)cc(/C=C/C(=O)O)c1)C(=O)O. The number of halogens is 1. The van der Waals surface area contributed by atoms with E-state index in [4.69, 9.17) is 14.9 Å². The maximum Gasteiger partial charge on any atom is 0.344 e. The molecule has 1 aromatic carbocycles. The molecular formula is C12H11FO5. The zero-order chi connectivity index (χ0) is 13.7. The minimum atomic E-state index is -1.18.